The Bertz CT molecular complexity index is 2510. The lowest BCUT2D eigenvalue weighted by molar-refractivity contribution is -0.400. The number of carboxylic acid groups (broad SMARTS) is 1. The van der Waals surface area contributed by atoms with E-state index < -0.39 is 218 Å². The van der Waals surface area contributed by atoms with Crippen molar-refractivity contribution in [2.75, 3.05) is 33.0 Å². The number of aliphatic hydroxyl groups is 13. The highest BCUT2D eigenvalue weighted by molar-refractivity contribution is 5.87. The summed E-state index contributed by atoms with van der Waals surface area (Å²) in [6.45, 7) is 13.9. The van der Waals surface area contributed by atoms with Gasteiger partial charge in [-0.15, -0.1) is 0 Å². The minimum atomic E-state index is -2.26. The highest BCUT2D eigenvalue weighted by Gasteiger charge is 2.74. The maximum absolute atomic E-state index is 13.4. The van der Waals surface area contributed by atoms with Crippen LogP contribution >= 0.6 is 0 Å². The van der Waals surface area contributed by atoms with Crippen LogP contribution < -0.4 is 0 Å². The predicted octanol–water partition coefficient (Wildman–Crippen LogP) is -2.22. The topological polar surface area (TPSA) is 427 Å². The molecule has 0 bridgehead atoms. The van der Waals surface area contributed by atoms with Gasteiger partial charge in [-0.05, 0) is 92.8 Å². The van der Waals surface area contributed by atoms with E-state index in [1.165, 1.54) is 6.92 Å². The van der Waals surface area contributed by atoms with Gasteiger partial charge in [0.05, 0.1) is 44.1 Å². The van der Waals surface area contributed by atoms with Gasteiger partial charge in [0, 0.05) is 23.3 Å². The third-order valence-corrected chi connectivity index (χ3v) is 22.4. The summed E-state index contributed by atoms with van der Waals surface area (Å²) in [6.07, 6.45) is -32.7. The van der Waals surface area contributed by atoms with Crippen LogP contribution in [0.2, 0.25) is 0 Å². The van der Waals surface area contributed by atoms with E-state index in [0.29, 0.717) is 37.7 Å². The van der Waals surface area contributed by atoms with Gasteiger partial charge in [-0.25, -0.2) is 9.59 Å². The number of hydrogen-bond acceptors (Lipinski definition) is 26. The number of aliphatic carboxylic acids is 1. The molecule has 9 rings (SSSR count). The fourth-order valence-electron chi connectivity index (χ4n) is 17.0. The van der Waals surface area contributed by atoms with E-state index in [2.05, 4.69) is 26.8 Å². The van der Waals surface area contributed by atoms with E-state index in [1.807, 2.05) is 20.8 Å². The number of allylic oxidation sites excluding steroid dienone is 3. The van der Waals surface area contributed by atoms with Crippen molar-refractivity contribution < 1.29 is 133 Å². The lowest BCUT2D eigenvalue weighted by Gasteiger charge is -2.72. The number of ether oxygens (including phenoxy) is 10. The molecule has 9 aliphatic rings. The summed E-state index contributed by atoms with van der Waals surface area (Å²) >= 11 is 0. The van der Waals surface area contributed by atoms with Crippen LogP contribution in [0.15, 0.2) is 23.3 Å². The molecule has 4 saturated heterocycles. The van der Waals surface area contributed by atoms with Crippen LogP contribution in [0, 0.1) is 50.2 Å². The first-order chi connectivity index (χ1) is 40.2. The van der Waals surface area contributed by atoms with Crippen molar-refractivity contribution in [2.24, 2.45) is 50.2 Å². The molecule has 0 aromatic heterocycles. The third-order valence-electron chi connectivity index (χ3n) is 22.4. The summed E-state index contributed by atoms with van der Waals surface area (Å²) in [5, 5.41) is 157. The SMILES string of the molecule is C/C=C(/C)C(=O)O[C@H]1[C@H](O)[C@]2(COC(C)=O)[C@H](O)C[C@]3(C)C(=CC[C@@H]4[C@@]5(C)CC[C@H](O[C@@H]6O[C@H](C(=O)O)[C@@H](O)[C@H](O[C@@H]7OC[C@H](O)[C@H](O)[C@H]7O[C@@H]7OC[C@@H](O)[C@H](O)[C@H]7O)[C@H]6O[C@@H]6O[C@H](CO)[C@H](O)[C@H](O)[C@H]6O)[C@@](C)(CO)[C@@H]5CC[C@]43C)[C@@H]2CC1(C)C. The number of rotatable bonds is 15. The van der Waals surface area contributed by atoms with Gasteiger partial charge in [0.15, 0.2) is 31.3 Å². The van der Waals surface area contributed by atoms with Crippen molar-refractivity contribution >= 4 is 17.9 Å². The first kappa shape index (κ1) is 67.4. The second-order valence-electron chi connectivity index (χ2n) is 27.5. The molecule has 8 fully saturated rings. The van der Waals surface area contributed by atoms with Crippen molar-refractivity contribution in [2.45, 2.75) is 242 Å². The Morgan fingerprint density at radius 1 is 0.674 bits per heavy atom. The smallest absolute Gasteiger partial charge is 0.335 e. The lowest BCUT2D eigenvalue weighted by Crippen LogP contribution is -2.72. The number of carboxylic acids is 1. The molecule has 30 atom stereocenters. The molecule has 4 aliphatic heterocycles. The standard InChI is InChI=1S/C59H92O27/c1-10-24(2)49(76)86-47-46(73)59(23-79-25(3)62)27(17-54(47,4)5)26-11-12-32-55(6)15-14-34(56(7,22-61)31(55)13-16-57(32,8)58(26,9)18-33(59)65)81-53-45(85-51-40(71)38(69)37(68)30(19-60)80-51)42(41(72)43(83-53)48(74)75)82-52-44(36(67)29(64)21-78-52)84-50-39(70)35(66)28(63)20-77-50/h10-11,27-47,50-53,60-61,63-73H,12-23H2,1-9H3,(H,74,75)/b24-10-/t27-,28+,29-,30+,31+,32+,33+,34-,35-,36-,37-,38-,39+,40+,41-,42-,43-,44+,45+,46-,47-,50-,51-,52-,53+,55-,56-,57+,58+,59-/m0/s1. The van der Waals surface area contributed by atoms with Gasteiger partial charge in [-0.2, -0.15) is 0 Å². The molecular formula is C59H92O27. The van der Waals surface area contributed by atoms with Gasteiger partial charge >= 0.3 is 17.9 Å². The largest absolute Gasteiger partial charge is 0.479 e. The normalized spacial score (nSPS) is 51.2. The van der Waals surface area contributed by atoms with Crippen LogP contribution in [0.3, 0.4) is 0 Å². The molecule has 0 radical (unpaired) electrons. The monoisotopic (exact) mass is 1230 g/mol. The Hall–Kier alpha value is -2.95. The van der Waals surface area contributed by atoms with Crippen LogP contribution in [0.1, 0.15) is 107 Å². The zero-order chi connectivity index (χ0) is 63.3. The van der Waals surface area contributed by atoms with Gasteiger partial charge in [0.2, 0.25) is 0 Å². The Balaban J connectivity index is 1.05. The Labute approximate surface area is 498 Å². The summed E-state index contributed by atoms with van der Waals surface area (Å²) < 4.78 is 60.2. The summed E-state index contributed by atoms with van der Waals surface area (Å²) in [6, 6.07) is 0. The van der Waals surface area contributed by atoms with Crippen LogP contribution in [0.5, 0.6) is 0 Å². The molecule has 4 saturated carbocycles. The molecule has 27 nitrogen and oxygen atoms in total. The number of carbonyl (C=O) groups is 3. The average Bonchev–Trinajstić information content (AvgIpc) is 0.771. The zero-order valence-corrected chi connectivity index (χ0v) is 50.1. The van der Waals surface area contributed by atoms with E-state index in [4.69, 9.17) is 47.4 Å². The number of aliphatic hydroxyl groups excluding tert-OH is 13. The van der Waals surface area contributed by atoms with Crippen LogP contribution in [-0.2, 0) is 61.8 Å². The molecule has 0 aromatic carbocycles. The summed E-state index contributed by atoms with van der Waals surface area (Å²) in [5.74, 6) is -3.96. The fraction of sp³-hybridized carbons (Fsp3) is 0.881. The van der Waals surface area contributed by atoms with E-state index in [0.717, 1.165) is 5.57 Å². The lowest BCUT2D eigenvalue weighted by atomic mass is 9.33. The molecule has 5 aliphatic carbocycles. The van der Waals surface area contributed by atoms with E-state index in [-0.39, 0.29) is 31.3 Å². The fourth-order valence-corrected chi connectivity index (χ4v) is 17.0. The van der Waals surface area contributed by atoms with Gasteiger partial charge in [0.1, 0.15) is 98.2 Å². The van der Waals surface area contributed by atoms with E-state index in [9.17, 15) is 85.9 Å². The number of esters is 2. The quantitative estimate of drug-likeness (QED) is 0.0357. The summed E-state index contributed by atoms with van der Waals surface area (Å²) in [7, 11) is 0. The molecule has 0 unspecified atom stereocenters. The van der Waals surface area contributed by atoms with Crippen LogP contribution in [0.4, 0.5) is 0 Å². The molecule has 86 heavy (non-hydrogen) atoms. The van der Waals surface area contributed by atoms with E-state index >= 15 is 0 Å². The molecule has 4 heterocycles. The minimum Gasteiger partial charge on any atom is -0.479 e. The molecule has 27 heteroatoms. The summed E-state index contributed by atoms with van der Waals surface area (Å²) in [5.41, 5.74) is -4.00. The maximum Gasteiger partial charge on any atom is 0.335 e. The van der Waals surface area contributed by atoms with Gasteiger partial charge in [-0.1, -0.05) is 59.3 Å². The first-order valence-electron chi connectivity index (χ1n) is 30.0. The van der Waals surface area contributed by atoms with Crippen molar-refractivity contribution in [3.8, 4) is 0 Å². The number of carbonyl (C=O) groups excluding carboxylic acids is 2. The van der Waals surface area contributed by atoms with Gasteiger partial charge < -0.3 is 119 Å². The minimum absolute atomic E-state index is 0.118. The van der Waals surface area contributed by atoms with E-state index in [1.54, 1.807) is 19.9 Å². The van der Waals surface area contributed by atoms with Crippen LogP contribution in [-0.4, -0.2) is 257 Å². The van der Waals surface area contributed by atoms with Crippen molar-refractivity contribution in [1.29, 1.82) is 0 Å². The highest BCUT2D eigenvalue weighted by Crippen LogP contribution is 2.76. The Morgan fingerprint density at radius 3 is 1.93 bits per heavy atom. The van der Waals surface area contributed by atoms with Crippen molar-refractivity contribution in [3.63, 3.8) is 0 Å². The number of fused-ring (bicyclic) bond motifs is 7. The predicted molar refractivity (Wildman–Crippen MR) is 290 cm³/mol. The average molecular weight is 1230 g/mol. The Kier molecular flexibility index (Phi) is 19.5. The molecule has 14 N–H and O–H groups in total. The first-order valence-corrected chi connectivity index (χ1v) is 30.0. The zero-order valence-electron chi connectivity index (χ0n) is 50.1. The number of hydrogen-bond donors (Lipinski definition) is 14. The summed E-state index contributed by atoms with van der Waals surface area (Å²) in [4.78, 5) is 39.1. The highest BCUT2D eigenvalue weighted by atomic mass is 16.8. The molecular weight excluding hydrogens is 1140 g/mol. The van der Waals surface area contributed by atoms with Gasteiger partial charge in [0.25, 0.3) is 0 Å². The van der Waals surface area contributed by atoms with Gasteiger partial charge in [-0.3, -0.25) is 4.79 Å². The second-order valence-corrected chi connectivity index (χ2v) is 27.5. The second kappa shape index (κ2) is 24.9. The Morgan fingerprint density at radius 2 is 1.30 bits per heavy atom. The molecule has 0 amide bonds. The molecule has 0 spiro atoms. The van der Waals surface area contributed by atoms with Crippen molar-refractivity contribution in [1.82, 2.24) is 0 Å². The molecule has 0 aromatic rings. The van der Waals surface area contributed by atoms with Crippen molar-refractivity contribution in [3.05, 3.63) is 23.3 Å². The molecule has 490 valence electrons. The maximum atomic E-state index is 13.4. The van der Waals surface area contributed by atoms with Crippen LogP contribution in [0.25, 0.3) is 0 Å². The third kappa shape index (κ3) is 11.1.